The summed E-state index contributed by atoms with van der Waals surface area (Å²) in [6.45, 7) is 3.49. The highest BCUT2D eigenvalue weighted by atomic mass is 19.1. The van der Waals surface area contributed by atoms with Crippen LogP contribution in [0, 0.1) is 0 Å². The monoisotopic (exact) mass is 160 g/mol. The Balaban J connectivity index is 2.50. The van der Waals surface area contributed by atoms with E-state index < -0.39 is 18.2 Å². The molecule has 0 radical (unpaired) electrons. The molecule has 1 heterocycles. The summed E-state index contributed by atoms with van der Waals surface area (Å²) in [6, 6.07) is 0. The van der Waals surface area contributed by atoms with Crippen molar-refractivity contribution in [3.63, 3.8) is 0 Å². The number of ether oxygens (including phenoxy) is 2. The molecule has 11 heavy (non-hydrogen) atoms. The van der Waals surface area contributed by atoms with Gasteiger partial charge in [0.15, 0.2) is 0 Å². The molecule has 1 aliphatic heterocycles. The zero-order valence-corrected chi connectivity index (χ0v) is 5.96. The first-order valence-corrected chi connectivity index (χ1v) is 3.33. The molecule has 0 saturated carbocycles. The lowest BCUT2D eigenvalue weighted by Crippen LogP contribution is -2.38. The van der Waals surface area contributed by atoms with Crippen LogP contribution in [0.5, 0.6) is 0 Å². The van der Waals surface area contributed by atoms with Gasteiger partial charge in [-0.15, -0.1) is 0 Å². The predicted octanol–water partition coefficient (Wildman–Crippen LogP) is 0.800. The minimum absolute atomic E-state index is 0.220. The molecule has 0 amide bonds. The number of halogens is 1. The van der Waals surface area contributed by atoms with Crippen molar-refractivity contribution >= 4 is 5.97 Å². The number of hydrogen-bond acceptors (Lipinski definition) is 3. The Bertz CT molecular complexity index is 169. The van der Waals surface area contributed by atoms with Gasteiger partial charge in [-0.25, -0.2) is 9.18 Å². The molecule has 0 aromatic rings. The van der Waals surface area contributed by atoms with E-state index in [0.29, 0.717) is 6.42 Å². The molecule has 62 valence electrons. The van der Waals surface area contributed by atoms with Crippen LogP contribution in [0.1, 0.15) is 6.42 Å². The van der Waals surface area contributed by atoms with Crippen LogP contribution in [0.4, 0.5) is 4.39 Å². The van der Waals surface area contributed by atoms with Gasteiger partial charge in [-0.1, -0.05) is 6.58 Å². The molecule has 1 saturated heterocycles. The number of rotatable bonds is 2. The van der Waals surface area contributed by atoms with E-state index in [9.17, 15) is 9.18 Å². The molecular formula is C7H9FO3. The number of carbonyl (C=O) groups is 1. The maximum absolute atomic E-state index is 12.8. The van der Waals surface area contributed by atoms with Gasteiger partial charge in [-0.3, -0.25) is 0 Å². The summed E-state index contributed by atoms with van der Waals surface area (Å²) in [5.41, 5.74) is 0. The van der Waals surface area contributed by atoms with Gasteiger partial charge in [0, 0.05) is 6.42 Å². The molecule has 4 heteroatoms. The SMILES string of the molecule is C=COC1CCOC(=O)C1F. The predicted molar refractivity (Wildman–Crippen MR) is 35.5 cm³/mol. The van der Waals surface area contributed by atoms with Crippen LogP contribution in [0.2, 0.25) is 0 Å². The number of hydrogen-bond donors (Lipinski definition) is 0. The summed E-state index contributed by atoms with van der Waals surface area (Å²) >= 11 is 0. The highest BCUT2D eigenvalue weighted by Crippen LogP contribution is 2.15. The molecule has 2 atom stereocenters. The standard InChI is InChI=1S/C7H9FO3/c1-2-10-5-3-4-11-7(9)6(5)8/h2,5-6H,1,3-4H2. The Kier molecular flexibility index (Phi) is 2.46. The Hall–Kier alpha value is -1.06. The van der Waals surface area contributed by atoms with E-state index >= 15 is 0 Å². The molecule has 2 unspecified atom stereocenters. The summed E-state index contributed by atoms with van der Waals surface area (Å²) in [5.74, 6) is -0.844. The third-order valence-corrected chi connectivity index (χ3v) is 1.47. The van der Waals surface area contributed by atoms with Gasteiger partial charge in [0.2, 0.25) is 6.17 Å². The molecule has 1 aliphatic rings. The Morgan fingerprint density at radius 1 is 1.82 bits per heavy atom. The number of esters is 1. The van der Waals surface area contributed by atoms with Crippen LogP contribution in [0.15, 0.2) is 12.8 Å². The quantitative estimate of drug-likeness (QED) is 0.442. The molecule has 0 aliphatic carbocycles. The maximum atomic E-state index is 12.8. The number of carbonyl (C=O) groups excluding carboxylic acids is 1. The Morgan fingerprint density at radius 3 is 3.18 bits per heavy atom. The van der Waals surface area contributed by atoms with Crippen LogP contribution >= 0.6 is 0 Å². The highest BCUT2D eigenvalue weighted by molar-refractivity contribution is 5.76. The fourth-order valence-electron chi connectivity index (χ4n) is 0.914. The smallest absolute Gasteiger partial charge is 0.344 e. The third-order valence-electron chi connectivity index (χ3n) is 1.47. The van der Waals surface area contributed by atoms with Crippen molar-refractivity contribution < 1.29 is 18.7 Å². The van der Waals surface area contributed by atoms with Crippen molar-refractivity contribution in [2.24, 2.45) is 0 Å². The van der Waals surface area contributed by atoms with Gasteiger partial charge in [0.05, 0.1) is 12.9 Å². The molecule has 0 spiro atoms. The minimum atomic E-state index is -1.67. The first-order chi connectivity index (χ1) is 5.25. The van der Waals surface area contributed by atoms with Gasteiger partial charge in [0.1, 0.15) is 6.10 Å². The minimum Gasteiger partial charge on any atom is -0.495 e. The first kappa shape index (κ1) is 8.04. The lowest BCUT2D eigenvalue weighted by atomic mass is 10.1. The van der Waals surface area contributed by atoms with Crippen molar-refractivity contribution in [3.05, 3.63) is 12.8 Å². The molecule has 0 aromatic heterocycles. The van der Waals surface area contributed by atoms with Crippen LogP contribution in [0.3, 0.4) is 0 Å². The van der Waals surface area contributed by atoms with Crippen LogP contribution in [0.25, 0.3) is 0 Å². The van der Waals surface area contributed by atoms with E-state index in [0.717, 1.165) is 6.26 Å². The van der Waals surface area contributed by atoms with E-state index in [1.807, 2.05) is 0 Å². The van der Waals surface area contributed by atoms with Crippen molar-refractivity contribution in [2.45, 2.75) is 18.7 Å². The third kappa shape index (κ3) is 1.69. The second kappa shape index (κ2) is 3.37. The molecule has 1 fully saturated rings. The second-order valence-corrected chi connectivity index (χ2v) is 2.20. The fraction of sp³-hybridized carbons (Fsp3) is 0.571. The van der Waals surface area contributed by atoms with Gasteiger partial charge >= 0.3 is 5.97 Å². The zero-order chi connectivity index (χ0) is 8.27. The first-order valence-electron chi connectivity index (χ1n) is 3.33. The molecule has 1 rings (SSSR count). The van der Waals surface area contributed by atoms with E-state index in [1.54, 1.807) is 0 Å². The van der Waals surface area contributed by atoms with E-state index in [-0.39, 0.29) is 6.61 Å². The van der Waals surface area contributed by atoms with Gasteiger partial charge in [-0.05, 0) is 0 Å². The molecule has 0 aromatic carbocycles. The second-order valence-electron chi connectivity index (χ2n) is 2.20. The summed E-state index contributed by atoms with van der Waals surface area (Å²) in [4.78, 5) is 10.6. The fourth-order valence-corrected chi connectivity index (χ4v) is 0.914. The average Bonchev–Trinajstić information content (AvgIpc) is 1.99. The molecule has 0 N–H and O–H groups in total. The molecule has 0 bridgehead atoms. The largest absolute Gasteiger partial charge is 0.495 e. The van der Waals surface area contributed by atoms with Crippen LogP contribution in [-0.4, -0.2) is 24.9 Å². The topological polar surface area (TPSA) is 35.5 Å². The lowest BCUT2D eigenvalue weighted by molar-refractivity contribution is -0.162. The zero-order valence-electron chi connectivity index (χ0n) is 5.96. The normalized spacial score (nSPS) is 30.8. The summed E-state index contributed by atoms with van der Waals surface area (Å²) < 4.78 is 22.0. The summed E-state index contributed by atoms with van der Waals surface area (Å²) in [6.07, 6.45) is -0.857. The molecular weight excluding hydrogens is 151 g/mol. The highest BCUT2D eigenvalue weighted by Gasteiger charge is 2.34. The van der Waals surface area contributed by atoms with Gasteiger partial charge in [-0.2, -0.15) is 0 Å². The average molecular weight is 160 g/mol. The van der Waals surface area contributed by atoms with Crippen molar-refractivity contribution in [2.75, 3.05) is 6.61 Å². The summed E-state index contributed by atoms with van der Waals surface area (Å²) in [5, 5.41) is 0. The summed E-state index contributed by atoms with van der Waals surface area (Å²) in [7, 11) is 0. The van der Waals surface area contributed by atoms with Crippen molar-refractivity contribution in [1.29, 1.82) is 0 Å². The van der Waals surface area contributed by atoms with Gasteiger partial charge in [0.25, 0.3) is 0 Å². The van der Waals surface area contributed by atoms with Crippen LogP contribution in [-0.2, 0) is 14.3 Å². The van der Waals surface area contributed by atoms with E-state index in [2.05, 4.69) is 11.3 Å². The van der Waals surface area contributed by atoms with Crippen molar-refractivity contribution in [3.8, 4) is 0 Å². The van der Waals surface area contributed by atoms with Crippen molar-refractivity contribution in [1.82, 2.24) is 0 Å². The Labute approximate surface area is 63.8 Å². The molecule has 3 nitrogen and oxygen atoms in total. The number of cyclic esters (lactones) is 1. The van der Waals surface area contributed by atoms with E-state index in [4.69, 9.17) is 4.74 Å². The maximum Gasteiger partial charge on any atom is 0.344 e. The van der Waals surface area contributed by atoms with Gasteiger partial charge < -0.3 is 9.47 Å². The Morgan fingerprint density at radius 2 is 2.55 bits per heavy atom. The van der Waals surface area contributed by atoms with E-state index in [1.165, 1.54) is 0 Å². The van der Waals surface area contributed by atoms with Crippen LogP contribution < -0.4 is 0 Å². The number of alkyl halides is 1. The lowest BCUT2D eigenvalue weighted by Gasteiger charge is -2.23.